The van der Waals surface area contributed by atoms with Crippen LogP contribution in [0.25, 0.3) is 11.5 Å². The van der Waals surface area contributed by atoms with Crippen LogP contribution in [-0.2, 0) is 18.9 Å². The van der Waals surface area contributed by atoms with Crippen molar-refractivity contribution in [3.63, 3.8) is 0 Å². The van der Waals surface area contributed by atoms with Gasteiger partial charge in [-0.15, -0.1) is 0 Å². The summed E-state index contributed by atoms with van der Waals surface area (Å²) < 4.78 is 27.4. The molecule has 0 spiro atoms. The number of esters is 1. The number of rotatable bonds is 6. The van der Waals surface area contributed by atoms with Crippen molar-refractivity contribution in [2.45, 2.75) is 24.4 Å². The van der Waals surface area contributed by atoms with E-state index in [4.69, 9.17) is 23.4 Å². The second-order valence-corrected chi connectivity index (χ2v) is 7.70. The van der Waals surface area contributed by atoms with Gasteiger partial charge < -0.3 is 28.7 Å². The third-order valence-corrected chi connectivity index (χ3v) is 5.58. The van der Waals surface area contributed by atoms with Gasteiger partial charge in [0.2, 0.25) is 5.95 Å². The first-order chi connectivity index (χ1) is 16.6. The molecule has 4 unspecified atom stereocenters. The summed E-state index contributed by atoms with van der Waals surface area (Å²) in [6.07, 6.45) is 1.08. The molecule has 4 heterocycles. The lowest BCUT2D eigenvalue weighted by molar-refractivity contribution is 0.00916. The van der Waals surface area contributed by atoms with Gasteiger partial charge in [-0.25, -0.2) is 19.6 Å². The van der Waals surface area contributed by atoms with Gasteiger partial charge in [-0.05, 0) is 30.3 Å². The van der Waals surface area contributed by atoms with Crippen LogP contribution in [0.5, 0.6) is 0 Å². The number of hydrogen-bond acceptors (Lipinski definition) is 10. The van der Waals surface area contributed by atoms with E-state index in [9.17, 15) is 9.59 Å². The molecule has 0 bridgehead atoms. The topological polar surface area (TPSA) is 134 Å². The maximum Gasteiger partial charge on any atom is 0.412 e. The number of carbonyl (C=O) groups is 2. The van der Waals surface area contributed by atoms with Crippen LogP contribution in [0.15, 0.2) is 59.3 Å². The van der Waals surface area contributed by atoms with E-state index in [-0.39, 0.29) is 30.0 Å². The largest absolute Gasteiger partial charge is 0.465 e. The molecule has 11 heteroatoms. The Bertz CT molecular complexity index is 1170. The van der Waals surface area contributed by atoms with Gasteiger partial charge in [0, 0.05) is 6.20 Å². The monoisotopic (exact) mass is 466 g/mol. The predicted octanol–water partition coefficient (Wildman–Crippen LogP) is 2.72. The zero-order valence-electron chi connectivity index (χ0n) is 18.2. The minimum atomic E-state index is -0.722. The maximum atomic E-state index is 12.5. The van der Waals surface area contributed by atoms with Gasteiger partial charge >= 0.3 is 12.1 Å². The molecule has 1 amide bonds. The van der Waals surface area contributed by atoms with Gasteiger partial charge in [0.05, 0.1) is 43.9 Å². The van der Waals surface area contributed by atoms with Crippen molar-refractivity contribution in [3.05, 3.63) is 60.5 Å². The fourth-order valence-corrected chi connectivity index (χ4v) is 4.00. The molecule has 4 atom stereocenters. The van der Waals surface area contributed by atoms with Crippen molar-refractivity contribution < 1.29 is 33.0 Å². The minimum absolute atomic E-state index is 0.173. The van der Waals surface area contributed by atoms with E-state index in [1.807, 2.05) is 6.07 Å². The number of aromatic nitrogens is 2. The van der Waals surface area contributed by atoms with Crippen LogP contribution in [0, 0.1) is 0 Å². The number of ether oxygens (including phenoxy) is 4. The van der Waals surface area contributed by atoms with Crippen LogP contribution >= 0.6 is 0 Å². The molecule has 2 N–H and O–H groups in total. The molecule has 2 fully saturated rings. The first-order valence-corrected chi connectivity index (χ1v) is 10.6. The lowest BCUT2D eigenvalue weighted by atomic mass is 10.1. The van der Waals surface area contributed by atoms with Crippen molar-refractivity contribution in [3.8, 4) is 11.5 Å². The summed E-state index contributed by atoms with van der Waals surface area (Å²) in [5.74, 6) is 0.483. The molecule has 176 valence electrons. The molecule has 2 aliphatic rings. The van der Waals surface area contributed by atoms with Crippen molar-refractivity contribution in [2.75, 3.05) is 31.0 Å². The number of anilines is 2. The predicted molar refractivity (Wildman–Crippen MR) is 118 cm³/mol. The number of hydrogen-bond donors (Lipinski definition) is 2. The summed E-state index contributed by atoms with van der Waals surface area (Å²) in [6, 6.07) is 11.6. The molecular weight excluding hydrogens is 444 g/mol. The summed E-state index contributed by atoms with van der Waals surface area (Å²) in [5, 5.41) is 5.82. The highest BCUT2D eigenvalue weighted by molar-refractivity contribution is 5.99. The summed E-state index contributed by atoms with van der Waals surface area (Å²) in [7, 11) is 1.27. The van der Waals surface area contributed by atoms with E-state index >= 15 is 0 Å². The molecule has 34 heavy (non-hydrogen) atoms. The molecule has 2 aromatic heterocycles. The Morgan fingerprint density at radius 1 is 1.06 bits per heavy atom. The van der Waals surface area contributed by atoms with Crippen LogP contribution in [0.1, 0.15) is 10.4 Å². The first-order valence-electron chi connectivity index (χ1n) is 10.6. The van der Waals surface area contributed by atoms with E-state index in [1.165, 1.54) is 7.11 Å². The Hall–Kier alpha value is -3.96. The maximum absolute atomic E-state index is 12.5. The summed E-state index contributed by atoms with van der Waals surface area (Å²) in [6.45, 7) is 0.503. The molecule has 11 nitrogen and oxygen atoms in total. The van der Waals surface area contributed by atoms with Crippen LogP contribution < -0.4 is 10.6 Å². The average Bonchev–Trinajstić information content (AvgIpc) is 3.60. The van der Waals surface area contributed by atoms with Crippen LogP contribution in [0.4, 0.5) is 16.4 Å². The van der Waals surface area contributed by atoms with E-state index in [1.54, 1.807) is 48.9 Å². The van der Waals surface area contributed by atoms with Crippen LogP contribution in [0.3, 0.4) is 0 Å². The van der Waals surface area contributed by atoms with Gasteiger partial charge in [-0.3, -0.25) is 5.32 Å². The first kappa shape index (κ1) is 21.9. The Balaban J connectivity index is 1.20. The van der Waals surface area contributed by atoms with E-state index in [2.05, 4.69) is 20.6 Å². The van der Waals surface area contributed by atoms with Crippen LogP contribution in [0.2, 0.25) is 0 Å². The molecular formula is C23H22N4O7. The van der Waals surface area contributed by atoms with Crippen molar-refractivity contribution in [1.82, 2.24) is 9.97 Å². The number of fused-ring (bicyclic) bond motifs is 1. The van der Waals surface area contributed by atoms with E-state index in [0.717, 1.165) is 0 Å². The molecule has 1 aromatic carbocycles. The average molecular weight is 466 g/mol. The highest BCUT2D eigenvalue weighted by atomic mass is 16.6. The second kappa shape index (κ2) is 9.49. The number of amides is 1. The highest BCUT2D eigenvalue weighted by Crippen LogP contribution is 2.31. The minimum Gasteiger partial charge on any atom is -0.465 e. The number of furan rings is 1. The van der Waals surface area contributed by atoms with Gasteiger partial charge in [-0.2, -0.15) is 0 Å². The number of para-hydroxylation sites is 1. The van der Waals surface area contributed by atoms with Gasteiger partial charge in [0.1, 0.15) is 17.9 Å². The molecule has 2 aliphatic heterocycles. The Morgan fingerprint density at radius 3 is 2.74 bits per heavy atom. The Labute approximate surface area is 194 Å². The Morgan fingerprint density at radius 2 is 1.91 bits per heavy atom. The number of carbonyl (C=O) groups excluding carboxylic acids is 2. The third-order valence-electron chi connectivity index (χ3n) is 5.58. The molecule has 3 aromatic rings. The van der Waals surface area contributed by atoms with Gasteiger partial charge in [0.25, 0.3) is 0 Å². The number of nitrogens with one attached hydrogen (secondary N) is 2. The van der Waals surface area contributed by atoms with Gasteiger partial charge in [-0.1, -0.05) is 12.1 Å². The SMILES string of the molecule is COC(=O)c1ccccc1NC(=O)OC1COC2C(Nc3nccc(-c4ccco4)n3)COC12. The normalized spacial score (nSPS) is 23.2. The molecule has 0 radical (unpaired) electrons. The molecule has 2 saturated heterocycles. The fraction of sp³-hybridized carbons (Fsp3) is 0.304. The summed E-state index contributed by atoms with van der Waals surface area (Å²) >= 11 is 0. The second-order valence-electron chi connectivity index (χ2n) is 7.70. The number of benzene rings is 1. The molecule has 0 aliphatic carbocycles. The van der Waals surface area contributed by atoms with Crippen molar-refractivity contribution >= 4 is 23.7 Å². The summed E-state index contributed by atoms with van der Waals surface area (Å²) in [5.41, 5.74) is 1.16. The quantitative estimate of drug-likeness (QED) is 0.522. The van der Waals surface area contributed by atoms with E-state index in [0.29, 0.717) is 24.0 Å². The van der Waals surface area contributed by atoms with E-state index < -0.39 is 24.3 Å². The highest BCUT2D eigenvalue weighted by Gasteiger charge is 2.49. The van der Waals surface area contributed by atoms with Crippen LogP contribution in [-0.4, -0.2) is 66.7 Å². The standard InChI is InChI=1S/C23H22N4O7/c1-30-21(28)13-5-2-3-6-14(13)27-23(29)34-18-12-33-19-16(11-32-20(18)19)26-22-24-9-8-15(25-22)17-7-4-10-31-17/h2-10,16,18-20H,11-12H2,1H3,(H,27,29)(H,24,25,26). The third kappa shape index (κ3) is 4.43. The van der Waals surface area contributed by atoms with Gasteiger partial charge in [0.15, 0.2) is 11.9 Å². The number of methoxy groups -OCH3 is 1. The molecule has 5 rings (SSSR count). The van der Waals surface area contributed by atoms with Crippen molar-refractivity contribution in [2.24, 2.45) is 0 Å². The molecule has 0 saturated carbocycles. The fourth-order valence-electron chi connectivity index (χ4n) is 4.00. The summed E-state index contributed by atoms with van der Waals surface area (Å²) in [4.78, 5) is 33.1. The zero-order valence-corrected chi connectivity index (χ0v) is 18.2. The van der Waals surface area contributed by atoms with Crippen molar-refractivity contribution in [1.29, 1.82) is 0 Å². The number of nitrogens with zero attached hydrogens (tertiary/aromatic N) is 2. The zero-order chi connectivity index (χ0) is 23.5. The smallest absolute Gasteiger partial charge is 0.412 e. The Kier molecular flexibility index (Phi) is 6.11. The lowest BCUT2D eigenvalue weighted by Crippen LogP contribution is -2.38. The lowest BCUT2D eigenvalue weighted by Gasteiger charge is -2.18.